The van der Waals surface area contributed by atoms with Gasteiger partial charge >= 0.3 is 0 Å². The molecule has 0 fully saturated rings. The van der Waals surface area contributed by atoms with E-state index < -0.39 is 0 Å². The van der Waals surface area contributed by atoms with E-state index in [0.29, 0.717) is 0 Å². The fraction of sp³-hybridized carbons (Fsp3) is 0.263. The van der Waals surface area contributed by atoms with Crippen LogP contribution in [0, 0.1) is 0 Å². The van der Waals surface area contributed by atoms with E-state index in [0.717, 1.165) is 11.1 Å². The number of hydrogen-bond acceptors (Lipinski definition) is 3. The van der Waals surface area contributed by atoms with Crippen LogP contribution in [0.4, 0.5) is 0 Å². The van der Waals surface area contributed by atoms with Gasteiger partial charge in [-0.05, 0) is 11.1 Å². The standard InChI is InChI=1S/C19H22N2O3/c1-20-17(22)13-21(2)18(23)14-24-19(15-9-5-3-6-10-15)16-11-7-4-8-12-16/h3-12,19H,13-14H2,1-2H3,(H,20,22). The van der Waals surface area contributed by atoms with Crippen molar-refractivity contribution >= 4 is 11.8 Å². The zero-order valence-electron chi connectivity index (χ0n) is 13.9. The summed E-state index contributed by atoms with van der Waals surface area (Å²) in [5, 5.41) is 2.49. The van der Waals surface area contributed by atoms with E-state index in [1.807, 2.05) is 60.7 Å². The lowest BCUT2D eigenvalue weighted by molar-refractivity contribution is -0.139. The molecule has 0 unspecified atom stereocenters. The van der Waals surface area contributed by atoms with Crippen LogP contribution >= 0.6 is 0 Å². The van der Waals surface area contributed by atoms with Gasteiger partial charge in [0.25, 0.3) is 0 Å². The molecule has 1 N–H and O–H groups in total. The second-order valence-corrected chi connectivity index (χ2v) is 5.44. The van der Waals surface area contributed by atoms with Crippen molar-refractivity contribution in [2.45, 2.75) is 6.10 Å². The van der Waals surface area contributed by atoms with Gasteiger partial charge in [0.15, 0.2) is 0 Å². The summed E-state index contributed by atoms with van der Waals surface area (Å²) >= 11 is 0. The van der Waals surface area contributed by atoms with Crippen LogP contribution in [0.15, 0.2) is 60.7 Å². The summed E-state index contributed by atoms with van der Waals surface area (Å²) in [7, 11) is 3.12. The molecule has 5 heteroatoms. The minimum atomic E-state index is -0.329. The number of ether oxygens (including phenoxy) is 1. The molecule has 0 heterocycles. The number of rotatable bonds is 7. The Hall–Kier alpha value is -2.66. The third-order valence-electron chi connectivity index (χ3n) is 3.66. The molecular weight excluding hydrogens is 304 g/mol. The lowest BCUT2D eigenvalue weighted by Crippen LogP contribution is -2.38. The molecule has 0 aliphatic rings. The first-order valence-corrected chi connectivity index (χ1v) is 7.78. The molecular formula is C19H22N2O3. The highest BCUT2D eigenvalue weighted by molar-refractivity contribution is 5.84. The molecule has 2 rings (SSSR count). The average molecular weight is 326 g/mol. The van der Waals surface area contributed by atoms with Gasteiger partial charge in [-0.2, -0.15) is 0 Å². The smallest absolute Gasteiger partial charge is 0.248 e. The molecule has 24 heavy (non-hydrogen) atoms. The van der Waals surface area contributed by atoms with Gasteiger partial charge < -0.3 is 15.0 Å². The second kappa shape index (κ2) is 8.84. The molecule has 0 saturated carbocycles. The van der Waals surface area contributed by atoms with Gasteiger partial charge in [0.2, 0.25) is 11.8 Å². The number of nitrogens with one attached hydrogen (secondary N) is 1. The fourth-order valence-electron chi connectivity index (χ4n) is 2.29. The predicted octanol–water partition coefficient (Wildman–Crippen LogP) is 2.00. The van der Waals surface area contributed by atoms with Crippen molar-refractivity contribution in [3.8, 4) is 0 Å². The van der Waals surface area contributed by atoms with Crippen LogP contribution in [0.3, 0.4) is 0 Å². The number of carbonyl (C=O) groups is 2. The number of nitrogens with zero attached hydrogens (tertiary/aromatic N) is 1. The zero-order valence-corrected chi connectivity index (χ0v) is 13.9. The first-order chi connectivity index (χ1) is 11.6. The van der Waals surface area contributed by atoms with Gasteiger partial charge in [0, 0.05) is 14.1 Å². The molecule has 0 bridgehead atoms. The Morgan fingerprint density at radius 3 is 1.96 bits per heavy atom. The van der Waals surface area contributed by atoms with Crippen molar-refractivity contribution in [2.24, 2.45) is 0 Å². The summed E-state index contributed by atoms with van der Waals surface area (Å²) in [5.41, 5.74) is 1.95. The molecule has 0 radical (unpaired) electrons. The van der Waals surface area contributed by atoms with Crippen molar-refractivity contribution in [3.05, 3.63) is 71.8 Å². The van der Waals surface area contributed by atoms with Crippen LogP contribution < -0.4 is 5.32 Å². The maximum Gasteiger partial charge on any atom is 0.248 e. The molecule has 2 aromatic carbocycles. The molecule has 5 nitrogen and oxygen atoms in total. The molecule has 2 amide bonds. The summed E-state index contributed by atoms with van der Waals surface area (Å²) in [4.78, 5) is 24.9. The Morgan fingerprint density at radius 2 is 1.50 bits per heavy atom. The van der Waals surface area contributed by atoms with E-state index in [4.69, 9.17) is 4.74 Å². The van der Waals surface area contributed by atoms with E-state index in [2.05, 4.69) is 5.32 Å². The van der Waals surface area contributed by atoms with E-state index in [-0.39, 0.29) is 31.1 Å². The molecule has 0 spiro atoms. The summed E-state index contributed by atoms with van der Waals surface area (Å²) in [6.07, 6.45) is -0.329. The van der Waals surface area contributed by atoms with Gasteiger partial charge in [0.1, 0.15) is 12.7 Å². The fourth-order valence-corrected chi connectivity index (χ4v) is 2.29. The van der Waals surface area contributed by atoms with Crippen LogP contribution in [0.1, 0.15) is 17.2 Å². The molecule has 0 aromatic heterocycles. The Kier molecular flexibility index (Phi) is 6.51. The van der Waals surface area contributed by atoms with Gasteiger partial charge in [-0.25, -0.2) is 0 Å². The van der Waals surface area contributed by atoms with Crippen molar-refractivity contribution in [1.29, 1.82) is 0 Å². The molecule has 2 aromatic rings. The van der Waals surface area contributed by atoms with Crippen LogP contribution in [-0.4, -0.2) is 44.0 Å². The quantitative estimate of drug-likeness (QED) is 0.846. The third-order valence-corrected chi connectivity index (χ3v) is 3.66. The Balaban J connectivity index is 2.07. The zero-order chi connectivity index (χ0) is 17.4. The first kappa shape index (κ1) is 17.7. The maximum absolute atomic E-state index is 12.2. The minimum absolute atomic E-state index is 0.0139. The maximum atomic E-state index is 12.2. The number of hydrogen-bond donors (Lipinski definition) is 1. The first-order valence-electron chi connectivity index (χ1n) is 7.78. The molecule has 0 aliphatic carbocycles. The highest BCUT2D eigenvalue weighted by Gasteiger charge is 2.18. The Labute approximate surface area is 142 Å². The highest BCUT2D eigenvalue weighted by atomic mass is 16.5. The van der Waals surface area contributed by atoms with Crippen LogP contribution in [0.2, 0.25) is 0 Å². The topological polar surface area (TPSA) is 58.6 Å². The van der Waals surface area contributed by atoms with E-state index in [1.54, 1.807) is 7.05 Å². The molecule has 126 valence electrons. The normalized spacial score (nSPS) is 10.5. The van der Waals surface area contributed by atoms with Crippen LogP contribution in [-0.2, 0) is 14.3 Å². The Bertz CT molecular complexity index is 619. The molecule has 0 saturated heterocycles. The highest BCUT2D eigenvalue weighted by Crippen LogP contribution is 2.25. The summed E-state index contributed by atoms with van der Waals surface area (Å²) in [5.74, 6) is -0.455. The Morgan fingerprint density at radius 1 is 1.00 bits per heavy atom. The lowest BCUT2D eigenvalue weighted by Gasteiger charge is -2.21. The predicted molar refractivity (Wildman–Crippen MR) is 92.4 cm³/mol. The number of likely N-dealkylation sites (N-methyl/N-ethyl adjacent to an activating group) is 2. The minimum Gasteiger partial charge on any atom is -0.359 e. The largest absolute Gasteiger partial charge is 0.359 e. The second-order valence-electron chi connectivity index (χ2n) is 5.44. The SMILES string of the molecule is CNC(=O)CN(C)C(=O)COC(c1ccccc1)c1ccccc1. The average Bonchev–Trinajstić information content (AvgIpc) is 2.63. The summed E-state index contributed by atoms with van der Waals surface area (Å²) in [6, 6.07) is 19.5. The summed E-state index contributed by atoms with van der Waals surface area (Å²) in [6.45, 7) is -0.0814. The number of carbonyl (C=O) groups excluding carboxylic acids is 2. The number of benzene rings is 2. The van der Waals surface area contributed by atoms with Gasteiger partial charge in [-0.3, -0.25) is 9.59 Å². The van der Waals surface area contributed by atoms with Gasteiger partial charge in [0.05, 0.1) is 6.54 Å². The summed E-state index contributed by atoms with van der Waals surface area (Å²) < 4.78 is 5.89. The number of amides is 2. The van der Waals surface area contributed by atoms with Gasteiger partial charge in [-0.1, -0.05) is 60.7 Å². The van der Waals surface area contributed by atoms with E-state index >= 15 is 0 Å². The van der Waals surface area contributed by atoms with Crippen LogP contribution in [0.5, 0.6) is 0 Å². The van der Waals surface area contributed by atoms with Crippen molar-refractivity contribution in [1.82, 2.24) is 10.2 Å². The monoisotopic (exact) mass is 326 g/mol. The van der Waals surface area contributed by atoms with E-state index in [9.17, 15) is 9.59 Å². The van der Waals surface area contributed by atoms with E-state index in [1.165, 1.54) is 11.9 Å². The molecule has 0 aliphatic heterocycles. The lowest BCUT2D eigenvalue weighted by atomic mass is 10.0. The molecule has 0 atom stereocenters. The van der Waals surface area contributed by atoms with Crippen molar-refractivity contribution in [3.63, 3.8) is 0 Å². The van der Waals surface area contributed by atoms with Crippen molar-refractivity contribution < 1.29 is 14.3 Å². The van der Waals surface area contributed by atoms with Gasteiger partial charge in [-0.15, -0.1) is 0 Å². The van der Waals surface area contributed by atoms with Crippen molar-refractivity contribution in [2.75, 3.05) is 27.2 Å². The third kappa shape index (κ3) is 4.93. The van der Waals surface area contributed by atoms with Crippen LogP contribution in [0.25, 0.3) is 0 Å².